The zero-order valence-corrected chi connectivity index (χ0v) is 40.9. The molecule has 0 heterocycles. The molecule has 0 aliphatic carbocycles. The summed E-state index contributed by atoms with van der Waals surface area (Å²) in [6.07, 6.45) is 66.8. The van der Waals surface area contributed by atoms with Crippen LogP contribution in [0.4, 0.5) is 0 Å². The Bertz CT molecular complexity index is 970. The van der Waals surface area contributed by atoms with Crippen LogP contribution in [0.1, 0.15) is 290 Å². The molecule has 0 aromatic rings. The van der Waals surface area contributed by atoms with Crippen molar-refractivity contribution < 1.29 is 24.2 Å². The first kappa shape index (κ1) is 59.1. The maximum atomic E-state index is 12.3. The first-order valence-corrected chi connectivity index (χ1v) is 27.0. The summed E-state index contributed by atoms with van der Waals surface area (Å²) < 4.78 is 10.7. The summed E-state index contributed by atoms with van der Waals surface area (Å²) >= 11 is 0. The van der Waals surface area contributed by atoms with E-state index < -0.39 is 6.10 Å². The normalized spacial score (nSPS) is 12.4. The Kier molecular flexibility index (Phi) is 50.8. The van der Waals surface area contributed by atoms with Gasteiger partial charge in [-0.3, -0.25) is 9.59 Å². The van der Waals surface area contributed by atoms with Crippen LogP contribution in [0.15, 0.2) is 36.5 Å². The van der Waals surface area contributed by atoms with Gasteiger partial charge >= 0.3 is 11.9 Å². The number of hydrogen-bond donors (Lipinski definition) is 1. The number of rotatable bonds is 50. The van der Waals surface area contributed by atoms with Crippen molar-refractivity contribution in [2.45, 2.75) is 296 Å². The van der Waals surface area contributed by atoms with Gasteiger partial charge in [-0.25, -0.2) is 0 Å². The summed E-state index contributed by atoms with van der Waals surface area (Å²) in [5.41, 5.74) is 0. The molecule has 1 unspecified atom stereocenters. The number of carbonyl (C=O) groups is 2. The van der Waals surface area contributed by atoms with Gasteiger partial charge in [-0.2, -0.15) is 0 Å². The van der Waals surface area contributed by atoms with Crippen molar-refractivity contribution in [3.05, 3.63) is 36.5 Å². The third kappa shape index (κ3) is 50.6. The third-order valence-corrected chi connectivity index (χ3v) is 12.2. The average molecular weight is 857 g/mol. The van der Waals surface area contributed by atoms with Gasteiger partial charge in [-0.15, -0.1) is 0 Å². The average Bonchev–Trinajstić information content (AvgIpc) is 3.26. The monoisotopic (exact) mass is 857 g/mol. The lowest BCUT2D eigenvalue weighted by Gasteiger charge is -2.15. The second-order valence-corrected chi connectivity index (χ2v) is 18.3. The van der Waals surface area contributed by atoms with Crippen molar-refractivity contribution in [3.63, 3.8) is 0 Å². The van der Waals surface area contributed by atoms with Crippen LogP contribution in [0.5, 0.6) is 0 Å². The molecule has 0 radical (unpaired) electrons. The van der Waals surface area contributed by atoms with E-state index in [4.69, 9.17) is 9.47 Å². The predicted molar refractivity (Wildman–Crippen MR) is 265 cm³/mol. The molecule has 0 saturated carbocycles. The Morgan fingerprint density at radius 3 is 0.984 bits per heavy atom. The molecule has 0 amide bonds. The van der Waals surface area contributed by atoms with E-state index in [2.05, 4.69) is 50.3 Å². The number of allylic oxidation sites excluding steroid dienone is 6. The Balaban J connectivity index is 3.47. The number of esters is 2. The summed E-state index contributed by atoms with van der Waals surface area (Å²) in [5.74, 6) is -0.584. The summed E-state index contributed by atoms with van der Waals surface area (Å²) in [6, 6.07) is 0. The zero-order chi connectivity index (χ0) is 44.2. The molecule has 5 nitrogen and oxygen atoms in total. The maximum absolute atomic E-state index is 12.3. The molecule has 1 N–H and O–H groups in total. The van der Waals surface area contributed by atoms with Crippen LogP contribution in [0.3, 0.4) is 0 Å². The second-order valence-electron chi connectivity index (χ2n) is 18.3. The molecule has 0 aromatic carbocycles. The minimum atomic E-state index is -0.774. The molecule has 0 aromatic heterocycles. The molecule has 0 rings (SSSR count). The number of hydrogen-bond acceptors (Lipinski definition) is 5. The van der Waals surface area contributed by atoms with Crippen molar-refractivity contribution >= 4 is 11.9 Å². The number of carbonyl (C=O) groups excluding carboxylic acids is 2. The first-order valence-electron chi connectivity index (χ1n) is 27.0. The fraction of sp³-hybridized carbons (Fsp3) is 0.857. The van der Waals surface area contributed by atoms with Crippen LogP contribution in [0.25, 0.3) is 0 Å². The van der Waals surface area contributed by atoms with Crippen LogP contribution in [-0.2, 0) is 19.1 Å². The van der Waals surface area contributed by atoms with Crippen molar-refractivity contribution in [2.24, 2.45) is 0 Å². The summed E-state index contributed by atoms with van der Waals surface area (Å²) in [6.45, 7) is 4.16. The zero-order valence-electron chi connectivity index (χ0n) is 40.9. The SMILES string of the molecule is CCCCCCC/C=C\C/C=C\C/C=C\CCCCCCCCCCC(=O)OC(CO)COC(=O)CCCCCCCCCCCCCCCCCCCCCCCCCC. The van der Waals surface area contributed by atoms with E-state index in [1.165, 1.54) is 212 Å². The number of aliphatic hydroxyl groups excluding tert-OH is 1. The lowest BCUT2D eigenvalue weighted by atomic mass is 10.0. The molecule has 0 spiro atoms. The van der Waals surface area contributed by atoms with Crippen molar-refractivity contribution in [3.8, 4) is 0 Å². The Morgan fingerprint density at radius 2 is 0.656 bits per heavy atom. The van der Waals surface area contributed by atoms with Gasteiger partial charge in [0.1, 0.15) is 6.61 Å². The van der Waals surface area contributed by atoms with Gasteiger partial charge in [-0.05, 0) is 51.4 Å². The molecule has 0 aliphatic rings. The van der Waals surface area contributed by atoms with Crippen LogP contribution >= 0.6 is 0 Å². The fourth-order valence-corrected chi connectivity index (χ4v) is 8.09. The minimum Gasteiger partial charge on any atom is -0.462 e. The lowest BCUT2D eigenvalue weighted by Crippen LogP contribution is -2.28. The Labute approximate surface area is 380 Å². The van der Waals surface area contributed by atoms with Gasteiger partial charge in [0.25, 0.3) is 0 Å². The fourth-order valence-electron chi connectivity index (χ4n) is 8.09. The van der Waals surface area contributed by atoms with E-state index in [0.29, 0.717) is 12.8 Å². The number of unbranched alkanes of at least 4 members (excludes halogenated alkanes) is 36. The predicted octanol–water partition coefficient (Wildman–Crippen LogP) is 17.9. The molecule has 358 valence electrons. The number of aliphatic hydroxyl groups is 1. The smallest absolute Gasteiger partial charge is 0.306 e. The highest BCUT2D eigenvalue weighted by Crippen LogP contribution is 2.17. The van der Waals surface area contributed by atoms with Gasteiger partial charge < -0.3 is 14.6 Å². The van der Waals surface area contributed by atoms with Crippen LogP contribution in [0.2, 0.25) is 0 Å². The summed E-state index contributed by atoms with van der Waals surface area (Å²) in [5, 5.41) is 9.64. The van der Waals surface area contributed by atoms with Crippen LogP contribution < -0.4 is 0 Å². The van der Waals surface area contributed by atoms with Crippen LogP contribution in [0, 0.1) is 0 Å². The summed E-state index contributed by atoms with van der Waals surface area (Å²) in [4.78, 5) is 24.5. The first-order chi connectivity index (χ1) is 30.1. The molecule has 5 heteroatoms. The molecule has 0 saturated heterocycles. The van der Waals surface area contributed by atoms with E-state index in [-0.39, 0.29) is 25.2 Å². The number of ether oxygens (including phenoxy) is 2. The Hall–Kier alpha value is -1.88. The van der Waals surface area contributed by atoms with E-state index >= 15 is 0 Å². The highest BCUT2D eigenvalue weighted by atomic mass is 16.6. The summed E-state index contributed by atoms with van der Waals surface area (Å²) in [7, 11) is 0. The van der Waals surface area contributed by atoms with Crippen molar-refractivity contribution in [1.29, 1.82) is 0 Å². The quantitative estimate of drug-likeness (QED) is 0.0375. The molecular formula is C56H104O5. The van der Waals surface area contributed by atoms with E-state index in [1.54, 1.807) is 0 Å². The van der Waals surface area contributed by atoms with Crippen LogP contribution in [-0.4, -0.2) is 36.4 Å². The van der Waals surface area contributed by atoms with Gasteiger partial charge in [0.15, 0.2) is 6.10 Å². The molecule has 1 atom stereocenters. The molecule has 0 bridgehead atoms. The minimum absolute atomic E-state index is 0.0650. The topological polar surface area (TPSA) is 72.8 Å². The van der Waals surface area contributed by atoms with Gasteiger partial charge in [0, 0.05) is 12.8 Å². The van der Waals surface area contributed by atoms with Crippen molar-refractivity contribution in [1.82, 2.24) is 0 Å². The lowest BCUT2D eigenvalue weighted by molar-refractivity contribution is -0.161. The Morgan fingerprint density at radius 1 is 0.377 bits per heavy atom. The standard InChI is InChI=1S/C56H104O5/c1-3-5-7-9-11-13-15-17-19-21-23-25-27-29-30-32-34-36-38-40-42-44-46-48-50-55(58)60-53-54(52-57)61-56(59)51-49-47-45-43-41-39-37-35-33-31-28-26-24-22-20-18-16-14-12-10-8-6-4-2/h16,18,22,24,28,31,54,57H,3-15,17,19-21,23,25-27,29-30,32-53H2,1-2H3/b18-16-,24-22-,31-28-. The van der Waals surface area contributed by atoms with E-state index in [9.17, 15) is 14.7 Å². The largest absolute Gasteiger partial charge is 0.462 e. The van der Waals surface area contributed by atoms with E-state index in [0.717, 1.165) is 51.4 Å². The molecule has 0 aliphatic heterocycles. The van der Waals surface area contributed by atoms with Gasteiger partial charge in [0.05, 0.1) is 6.61 Å². The molecule has 0 fully saturated rings. The highest BCUT2D eigenvalue weighted by Gasteiger charge is 2.16. The molecular weight excluding hydrogens is 753 g/mol. The molecule has 61 heavy (non-hydrogen) atoms. The van der Waals surface area contributed by atoms with Gasteiger partial charge in [0.2, 0.25) is 0 Å². The van der Waals surface area contributed by atoms with Crippen molar-refractivity contribution in [2.75, 3.05) is 13.2 Å². The maximum Gasteiger partial charge on any atom is 0.306 e. The van der Waals surface area contributed by atoms with E-state index in [1.807, 2.05) is 0 Å². The highest BCUT2D eigenvalue weighted by molar-refractivity contribution is 5.70. The third-order valence-electron chi connectivity index (χ3n) is 12.2. The van der Waals surface area contributed by atoms with Gasteiger partial charge in [-0.1, -0.05) is 262 Å². The second kappa shape index (κ2) is 52.5.